The summed E-state index contributed by atoms with van der Waals surface area (Å²) >= 11 is 7.52. The Labute approximate surface area is 175 Å². The summed E-state index contributed by atoms with van der Waals surface area (Å²) in [5.41, 5.74) is 2.28. The normalized spacial score (nSPS) is 11.1. The zero-order chi connectivity index (χ0) is 17.2. The fraction of sp³-hybridized carbons (Fsp3) is 0.471. The van der Waals surface area contributed by atoms with Crippen LogP contribution < -0.4 is 10.6 Å². The van der Waals surface area contributed by atoms with Crippen LogP contribution in [-0.4, -0.2) is 35.6 Å². The van der Waals surface area contributed by atoms with Gasteiger partial charge >= 0.3 is 0 Å². The van der Waals surface area contributed by atoms with Crippen LogP contribution in [-0.2, 0) is 19.3 Å². The molecular formula is C17H25ClIN5S. The van der Waals surface area contributed by atoms with Crippen LogP contribution in [0.3, 0.4) is 0 Å². The Hall–Kier alpha value is -0.930. The quantitative estimate of drug-likeness (QED) is 0.255. The van der Waals surface area contributed by atoms with Crippen molar-refractivity contribution in [3.8, 4) is 0 Å². The summed E-state index contributed by atoms with van der Waals surface area (Å²) in [6.07, 6.45) is 4.55. The molecule has 8 heteroatoms. The van der Waals surface area contributed by atoms with Gasteiger partial charge < -0.3 is 10.6 Å². The highest BCUT2D eigenvalue weighted by atomic mass is 127. The zero-order valence-electron chi connectivity index (χ0n) is 14.6. The fourth-order valence-electron chi connectivity index (χ4n) is 2.13. The van der Waals surface area contributed by atoms with Crippen molar-refractivity contribution >= 4 is 52.9 Å². The molecule has 0 spiro atoms. The SMILES string of the molecule is CCNC(=NCCc1csc(CC)n1)NCCc1ccc(Cl)nc1.I. The van der Waals surface area contributed by atoms with E-state index in [9.17, 15) is 0 Å². The Morgan fingerprint density at radius 3 is 2.72 bits per heavy atom. The van der Waals surface area contributed by atoms with E-state index in [0.29, 0.717) is 5.15 Å². The van der Waals surface area contributed by atoms with Crippen molar-refractivity contribution in [2.45, 2.75) is 33.1 Å². The van der Waals surface area contributed by atoms with Crippen LogP contribution in [0.15, 0.2) is 28.7 Å². The number of guanidine groups is 1. The summed E-state index contributed by atoms with van der Waals surface area (Å²) in [6.45, 7) is 6.56. The van der Waals surface area contributed by atoms with Gasteiger partial charge in [-0.3, -0.25) is 4.99 Å². The lowest BCUT2D eigenvalue weighted by atomic mass is 10.2. The van der Waals surface area contributed by atoms with Gasteiger partial charge in [0.25, 0.3) is 0 Å². The molecule has 138 valence electrons. The minimum Gasteiger partial charge on any atom is -0.357 e. The van der Waals surface area contributed by atoms with Gasteiger partial charge in [-0.05, 0) is 31.4 Å². The van der Waals surface area contributed by atoms with Gasteiger partial charge in [0.15, 0.2) is 5.96 Å². The van der Waals surface area contributed by atoms with E-state index in [-0.39, 0.29) is 24.0 Å². The summed E-state index contributed by atoms with van der Waals surface area (Å²) in [6, 6.07) is 3.81. The van der Waals surface area contributed by atoms with Crippen molar-refractivity contribution in [2.75, 3.05) is 19.6 Å². The number of nitrogens with zero attached hydrogens (tertiary/aromatic N) is 3. The fourth-order valence-corrected chi connectivity index (χ4v) is 3.02. The molecule has 0 aliphatic rings. The van der Waals surface area contributed by atoms with Crippen LogP contribution in [0.25, 0.3) is 0 Å². The predicted molar refractivity (Wildman–Crippen MR) is 118 cm³/mol. The van der Waals surface area contributed by atoms with Crippen molar-refractivity contribution in [1.82, 2.24) is 20.6 Å². The van der Waals surface area contributed by atoms with Gasteiger partial charge in [0.1, 0.15) is 5.15 Å². The predicted octanol–water partition coefficient (Wildman–Crippen LogP) is 3.71. The number of pyridine rings is 1. The number of aromatic nitrogens is 2. The summed E-state index contributed by atoms with van der Waals surface area (Å²) < 4.78 is 0. The van der Waals surface area contributed by atoms with Crippen LogP contribution in [0.1, 0.15) is 30.1 Å². The Bertz CT molecular complexity index is 645. The van der Waals surface area contributed by atoms with Crippen LogP contribution in [0, 0.1) is 0 Å². The Morgan fingerprint density at radius 1 is 1.24 bits per heavy atom. The van der Waals surface area contributed by atoms with Crippen LogP contribution >= 0.6 is 46.9 Å². The van der Waals surface area contributed by atoms with Gasteiger partial charge in [0.2, 0.25) is 0 Å². The molecule has 0 radical (unpaired) electrons. The first kappa shape index (κ1) is 22.1. The number of halogens is 2. The third-order valence-corrected chi connectivity index (χ3v) is 4.64. The van der Waals surface area contributed by atoms with E-state index in [4.69, 9.17) is 11.6 Å². The maximum atomic E-state index is 5.80. The maximum Gasteiger partial charge on any atom is 0.191 e. The molecule has 0 aliphatic heterocycles. The second-order valence-corrected chi connectivity index (χ2v) is 6.59. The summed E-state index contributed by atoms with van der Waals surface area (Å²) in [7, 11) is 0. The second-order valence-electron chi connectivity index (χ2n) is 5.26. The minimum atomic E-state index is 0. The lowest BCUT2D eigenvalue weighted by molar-refractivity contribution is 0.793. The molecule has 2 heterocycles. The third kappa shape index (κ3) is 8.33. The van der Waals surface area contributed by atoms with Crippen LogP contribution in [0.5, 0.6) is 0 Å². The Kier molecular flexibility index (Phi) is 11.0. The molecule has 0 atom stereocenters. The van der Waals surface area contributed by atoms with Crippen molar-refractivity contribution in [3.05, 3.63) is 45.1 Å². The standard InChI is InChI=1S/C17H24ClN5S.HI/c1-3-16-23-14(12-24-16)8-10-21-17(19-4-2)20-9-7-13-5-6-15(18)22-11-13;/h5-6,11-12H,3-4,7-10H2,1-2H3,(H2,19,20,21);1H. The number of nitrogens with one attached hydrogen (secondary N) is 2. The van der Waals surface area contributed by atoms with Crippen LogP contribution in [0.4, 0.5) is 0 Å². The second kappa shape index (κ2) is 12.4. The third-order valence-electron chi connectivity index (χ3n) is 3.38. The van der Waals surface area contributed by atoms with Gasteiger partial charge in [0.05, 0.1) is 10.7 Å². The number of aliphatic imine (C=N–C) groups is 1. The first-order chi connectivity index (χ1) is 11.7. The molecule has 0 saturated carbocycles. The Morgan fingerprint density at radius 2 is 2.08 bits per heavy atom. The largest absolute Gasteiger partial charge is 0.357 e. The molecule has 0 bridgehead atoms. The average molecular weight is 494 g/mol. The van der Waals surface area contributed by atoms with Crippen molar-refractivity contribution in [1.29, 1.82) is 0 Å². The van der Waals surface area contributed by atoms with E-state index in [1.165, 1.54) is 5.01 Å². The summed E-state index contributed by atoms with van der Waals surface area (Å²) in [5.74, 6) is 0.838. The average Bonchev–Trinajstić information content (AvgIpc) is 3.05. The molecule has 0 saturated heterocycles. The van der Waals surface area contributed by atoms with E-state index in [1.54, 1.807) is 11.3 Å². The molecular weight excluding hydrogens is 469 g/mol. The lowest BCUT2D eigenvalue weighted by Gasteiger charge is -2.11. The van der Waals surface area contributed by atoms with Gasteiger partial charge in [-0.1, -0.05) is 24.6 Å². The number of thiazole rings is 1. The van der Waals surface area contributed by atoms with Gasteiger partial charge in [-0.2, -0.15) is 0 Å². The van der Waals surface area contributed by atoms with E-state index in [1.807, 2.05) is 18.3 Å². The monoisotopic (exact) mass is 493 g/mol. The molecule has 25 heavy (non-hydrogen) atoms. The molecule has 0 fully saturated rings. The number of rotatable bonds is 8. The number of hydrogen-bond donors (Lipinski definition) is 2. The molecule has 2 N–H and O–H groups in total. The molecule has 0 aromatic carbocycles. The lowest BCUT2D eigenvalue weighted by Crippen LogP contribution is -2.38. The van der Waals surface area contributed by atoms with Crippen molar-refractivity contribution in [3.63, 3.8) is 0 Å². The summed E-state index contributed by atoms with van der Waals surface area (Å²) in [5, 5.41) is 10.5. The highest BCUT2D eigenvalue weighted by Gasteiger charge is 2.01. The van der Waals surface area contributed by atoms with Gasteiger partial charge in [0, 0.05) is 37.6 Å². The van der Waals surface area contributed by atoms with Gasteiger partial charge in [-0.25, -0.2) is 9.97 Å². The molecule has 5 nitrogen and oxygen atoms in total. The highest BCUT2D eigenvalue weighted by molar-refractivity contribution is 14.0. The number of aryl methyl sites for hydroxylation is 1. The molecule has 2 rings (SSSR count). The molecule has 0 aliphatic carbocycles. The van der Waals surface area contributed by atoms with Gasteiger partial charge in [-0.15, -0.1) is 35.3 Å². The smallest absolute Gasteiger partial charge is 0.191 e. The molecule has 0 unspecified atom stereocenters. The van der Waals surface area contributed by atoms with Crippen molar-refractivity contribution in [2.24, 2.45) is 4.99 Å². The zero-order valence-corrected chi connectivity index (χ0v) is 18.5. The Balaban J connectivity index is 0.00000312. The minimum absolute atomic E-state index is 0. The first-order valence-corrected chi connectivity index (χ1v) is 9.53. The highest BCUT2D eigenvalue weighted by Crippen LogP contribution is 2.10. The first-order valence-electron chi connectivity index (χ1n) is 8.27. The van der Waals surface area contributed by atoms with Crippen molar-refractivity contribution < 1.29 is 0 Å². The van der Waals surface area contributed by atoms with E-state index in [0.717, 1.165) is 56.1 Å². The van der Waals surface area contributed by atoms with E-state index < -0.39 is 0 Å². The number of hydrogen-bond acceptors (Lipinski definition) is 4. The van der Waals surface area contributed by atoms with E-state index >= 15 is 0 Å². The van der Waals surface area contributed by atoms with E-state index in [2.05, 4.69) is 44.8 Å². The molecule has 2 aromatic heterocycles. The van der Waals surface area contributed by atoms with Crippen LogP contribution in [0.2, 0.25) is 5.15 Å². The topological polar surface area (TPSA) is 62.2 Å². The summed E-state index contributed by atoms with van der Waals surface area (Å²) in [4.78, 5) is 13.3. The maximum absolute atomic E-state index is 5.80. The molecule has 2 aromatic rings. The molecule has 0 amide bonds.